The molecule has 1 aromatic carbocycles. The molecule has 1 atom stereocenters. The fraction of sp³-hybridized carbons (Fsp3) is 0.364. The molecule has 0 saturated carbocycles. The molecule has 7 heteroatoms. The molecule has 1 aromatic heterocycles. The maximum absolute atomic E-state index is 12.9. The van der Waals surface area contributed by atoms with Gasteiger partial charge in [-0.1, -0.05) is 0 Å². The van der Waals surface area contributed by atoms with Crippen molar-refractivity contribution < 1.29 is 18.3 Å². The summed E-state index contributed by atoms with van der Waals surface area (Å²) in [5, 5.41) is 9.07. The monoisotopic (exact) mass is 259 g/mol. The highest BCUT2D eigenvalue weighted by atomic mass is 19.4. The Morgan fingerprint density at radius 2 is 2.11 bits per heavy atom. The number of fused-ring (bicyclic) bond motifs is 1. The van der Waals surface area contributed by atoms with Gasteiger partial charge in [0.25, 0.3) is 0 Å². The van der Waals surface area contributed by atoms with E-state index in [4.69, 9.17) is 10.8 Å². The first-order valence-electron chi connectivity index (χ1n) is 5.30. The van der Waals surface area contributed by atoms with Gasteiger partial charge in [-0.3, -0.25) is 0 Å². The van der Waals surface area contributed by atoms with Crippen molar-refractivity contribution in [2.45, 2.75) is 19.1 Å². The number of benzene rings is 1. The van der Waals surface area contributed by atoms with E-state index >= 15 is 0 Å². The van der Waals surface area contributed by atoms with Gasteiger partial charge >= 0.3 is 6.18 Å². The fourth-order valence-electron chi connectivity index (χ4n) is 1.84. The molecule has 0 fully saturated rings. The van der Waals surface area contributed by atoms with Crippen LogP contribution in [-0.2, 0) is 6.18 Å². The lowest BCUT2D eigenvalue weighted by molar-refractivity contribution is -0.147. The van der Waals surface area contributed by atoms with Gasteiger partial charge in [0, 0.05) is 5.69 Å². The van der Waals surface area contributed by atoms with Crippen molar-refractivity contribution in [2.75, 3.05) is 12.3 Å². The number of hydrogen-bond acceptors (Lipinski definition) is 3. The second-order valence-corrected chi connectivity index (χ2v) is 4.08. The van der Waals surface area contributed by atoms with Gasteiger partial charge in [-0.05, 0) is 25.1 Å². The van der Waals surface area contributed by atoms with E-state index in [9.17, 15) is 13.2 Å². The molecule has 0 aliphatic carbocycles. The summed E-state index contributed by atoms with van der Waals surface area (Å²) >= 11 is 0. The van der Waals surface area contributed by atoms with Crippen molar-refractivity contribution in [1.82, 2.24) is 9.55 Å². The number of aliphatic hydroxyl groups excluding tert-OH is 1. The number of aliphatic hydroxyl groups is 1. The van der Waals surface area contributed by atoms with Gasteiger partial charge in [-0.15, -0.1) is 0 Å². The summed E-state index contributed by atoms with van der Waals surface area (Å²) < 4.78 is 39.6. The minimum Gasteiger partial charge on any atom is -0.399 e. The molecule has 18 heavy (non-hydrogen) atoms. The van der Waals surface area contributed by atoms with Gasteiger partial charge in [0.1, 0.15) is 0 Å². The number of hydrogen-bond donors (Lipinski definition) is 2. The second-order valence-electron chi connectivity index (χ2n) is 4.08. The lowest BCUT2D eigenvalue weighted by Gasteiger charge is -2.16. The zero-order chi connectivity index (χ0) is 13.5. The number of alkyl halides is 3. The molecule has 0 spiro atoms. The van der Waals surface area contributed by atoms with Crippen molar-refractivity contribution in [1.29, 1.82) is 0 Å². The molecule has 0 bridgehead atoms. The summed E-state index contributed by atoms with van der Waals surface area (Å²) in [4.78, 5) is 3.56. The predicted molar refractivity (Wildman–Crippen MR) is 60.9 cm³/mol. The van der Waals surface area contributed by atoms with E-state index in [2.05, 4.69) is 4.98 Å². The lowest BCUT2D eigenvalue weighted by atomic mass is 10.2. The molecule has 0 aliphatic heterocycles. The molecule has 98 valence electrons. The number of rotatable bonds is 2. The van der Waals surface area contributed by atoms with E-state index in [1.54, 1.807) is 0 Å². The quantitative estimate of drug-likeness (QED) is 0.812. The first kappa shape index (κ1) is 12.7. The third-order valence-electron chi connectivity index (χ3n) is 2.67. The molecule has 2 aromatic rings. The normalized spacial score (nSPS) is 14.1. The van der Waals surface area contributed by atoms with Gasteiger partial charge in [0.2, 0.25) is 5.82 Å². The van der Waals surface area contributed by atoms with Crippen molar-refractivity contribution in [3.63, 3.8) is 0 Å². The largest absolute Gasteiger partial charge is 0.449 e. The Morgan fingerprint density at radius 1 is 1.44 bits per heavy atom. The van der Waals surface area contributed by atoms with Gasteiger partial charge in [0.05, 0.1) is 23.7 Å². The van der Waals surface area contributed by atoms with Crippen LogP contribution in [0.1, 0.15) is 18.8 Å². The van der Waals surface area contributed by atoms with Gasteiger partial charge in [-0.25, -0.2) is 4.98 Å². The zero-order valence-corrected chi connectivity index (χ0v) is 9.57. The summed E-state index contributed by atoms with van der Waals surface area (Å²) in [6, 6.07) is 3.64. The number of anilines is 1. The highest BCUT2D eigenvalue weighted by Crippen LogP contribution is 2.34. The van der Waals surface area contributed by atoms with Crippen LogP contribution in [0.15, 0.2) is 18.2 Å². The maximum atomic E-state index is 12.9. The summed E-state index contributed by atoms with van der Waals surface area (Å²) in [6.07, 6.45) is -4.57. The molecule has 1 unspecified atom stereocenters. The van der Waals surface area contributed by atoms with E-state index in [-0.39, 0.29) is 5.52 Å². The number of nitrogen functional groups attached to an aromatic ring is 1. The Balaban J connectivity index is 2.76. The van der Waals surface area contributed by atoms with Crippen molar-refractivity contribution >= 4 is 16.7 Å². The molecule has 0 amide bonds. The average molecular weight is 259 g/mol. The Bertz CT molecular complexity index is 577. The SMILES string of the molecule is CC(CO)n1c(C(F)(F)F)nc2cc(N)ccc21. The Labute approximate surface area is 101 Å². The minimum atomic E-state index is -4.57. The third kappa shape index (κ3) is 2.01. The van der Waals surface area contributed by atoms with Crippen LogP contribution in [0.5, 0.6) is 0 Å². The highest BCUT2D eigenvalue weighted by molar-refractivity contribution is 5.80. The van der Waals surface area contributed by atoms with E-state index in [1.165, 1.54) is 25.1 Å². The number of imidazole rings is 1. The maximum Gasteiger partial charge on any atom is 0.449 e. The zero-order valence-electron chi connectivity index (χ0n) is 9.57. The van der Waals surface area contributed by atoms with E-state index in [1.807, 2.05) is 0 Å². The Hall–Kier alpha value is -1.76. The van der Waals surface area contributed by atoms with Crippen molar-refractivity contribution in [2.24, 2.45) is 0 Å². The smallest absolute Gasteiger partial charge is 0.399 e. The molecule has 2 rings (SSSR count). The topological polar surface area (TPSA) is 64.1 Å². The summed E-state index contributed by atoms with van der Waals surface area (Å²) in [5.41, 5.74) is 6.34. The van der Waals surface area contributed by atoms with Crippen LogP contribution in [0, 0.1) is 0 Å². The van der Waals surface area contributed by atoms with Gasteiger partial charge < -0.3 is 15.4 Å². The van der Waals surface area contributed by atoms with Gasteiger partial charge in [0.15, 0.2) is 0 Å². The first-order valence-corrected chi connectivity index (χ1v) is 5.30. The lowest BCUT2D eigenvalue weighted by Crippen LogP contribution is -2.19. The summed E-state index contributed by atoms with van der Waals surface area (Å²) in [7, 11) is 0. The van der Waals surface area contributed by atoms with E-state index in [0.29, 0.717) is 11.2 Å². The fourth-order valence-corrected chi connectivity index (χ4v) is 1.84. The number of nitrogens with zero attached hydrogens (tertiary/aromatic N) is 2. The number of halogens is 3. The van der Waals surface area contributed by atoms with E-state index in [0.717, 1.165) is 4.57 Å². The highest BCUT2D eigenvalue weighted by Gasteiger charge is 2.38. The molecule has 0 saturated heterocycles. The molecular weight excluding hydrogens is 247 g/mol. The molecule has 3 N–H and O–H groups in total. The Kier molecular flexibility index (Phi) is 2.94. The van der Waals surface area contributed by atoms with Crippen LogP contribution >= 0.6 is 0 Å². The number of aromatic nitrogens is 2. The van der Waals surface area contributed by atoms with Crippen LogP contribution in [0.3, 0.4) is 0 Å². The predicted octanol–water partition coefficient (Wildman–Crippen LogP) is 2.19. The first-order chi connectivity index (χ1) is 8.34. The van der Waals surface area contributed by atoms with Crippen LogP contribution in [0.25, 0.3) is 11.0 Å². The molecular formula is C11H12F3N3O. The van der Waals surface area contributed by atoms with Crippen LogP contribution in [-0.4, -0.2) is 21.3 Å². The second kappa shape index (κ2) is 4.16. The molecule has 0 aliphatic rings. The number of nitrogens with two attached hydrogens (primary N) is 1. The average Bonchev–Trinajstić information content (AvgIpc) is 2.66. The van der Waals surface area contributed by atoms with Crippen molar-refractivity contribution in [3.8, 4) is 0 Å². The van der Waals surface area contributed by atoms with E-state index < -0.39 is 24.6 Å². The standard InChI is InChI=1S/C11H12F3N3O/c1-6(5-18)17-9-3-2-7(15)4-8(9)16-10(17)11(12,13)14/h2-4,6,18H,5,15H2,1H3. The summed E-state index contributed by atoms with van der Waals surface area (Å²) in [6.45, 7) is 1.09. The Morgan fingerprint density at radius 3 is 2.67 bits per heavy atom. The van der Waals surface area contributed by atoms with Crippen LogP contribution < -0.4 is 5.73 Å². The third-order valence-corrected chi connectivity index (χ3v) is 2.67. The molecule has 4 nitrogen and oxygen atoms in total. The van der Waals surface area contributed by atoms with Gasteiger partial charge in [-0.2, -0.15) is 13.2 Å². The van der Waals surface area contributed by atoms with Crippen LogP contribution in [0.2, 0.25) is 0 Å². The summed E-state index contributed by atoms with van der Waals surface area (Å²) in [5.74, 6) is -1.02. The van der Waals surface area contributed by atoms with Crippen LogP contribution in [0.4, 0.5) is 18.9 Å². The molecule has 0 radical (unpaired) electrons. The molecule has 1 heterocycles. The van der Waals surface area contributed by atoms with Crippen molar-refractivity contribution in [3.05, 3.63) is 24.0 Å². The minimum absolute atomic E-state index is 0.169.